The maximum absolute atomic E-state index is 12.8. The highest BCUT2D eigenvalue weighted by Gasteiger charge is 2.28. The molecule has 6 nitrogen and oxygen atoms in total. The number of ether oxygens (including phenoxy) is 1. The maximum atomic E-state index is 12.8. The highest BCUT2D eigenvalue weighted by atomic mass is 32.2. The average molecular weight is 340 g/mol. The van der Waals surface area contributed by atoms with Crippen LogP contribution in [0.15, 0.2) is 23.1 Å². The van der Waals surface area contributed by atoms with Crippen molar-refractivity contribution in [2.24, 2.45) is 5.92 Å². The van der Waals surface area contributed by atoms with E-state index in [2.05, 4.69) is 5.32 Å². The Hall–Kier alpha value is -1.44. The minimum absolute atomic E-state index is 0.105. The predicted octanol–water partition coefficient (Wildman–Crippen LogP) is 2.00. The fraction of sp³-hybridized carbons (Fsp3) is 0.562. The van der Waals surface area contributed by atoms with E-state index in [-0.39, 0.29) is 16.7 Å². The molecule has 1 atom stereocenters. The van der Waals surface area contributed by atoms with Crippen molar-refractivity contribution in [3.63, 3.8) is 0 Å². The fourth-order valence-electron chi connectivity index (χ4n) is 2.33. The lowest BCUT2D eigenvalue weighted by molar-refractivity contribution is -0.119. The fourth-order valence-corrected chi connectivity index (χ4v) is 3.99. The quantitative estimate of drug-likeness (QED) is 0.889. The second-order valence-electron chi connectivity index (χ2n) is 5.80. The van der Waals surface area contributed by atoms with Crippen LogP contribution in [-0.4, -0.2) is 44.9 Å². The first-order valence-electron chi connectivity index (χ1n) is 7.85. The summed E-state index contributed by atoms with van der Waals surface area (Å²) in [5.41, 5.74) is 1.17. The van der Waals surface area contributed by atoms with Crippen LogP contribution in [0.25, 0.3) is 0 Å². The van der Waals surface area contributed by atoms with E-state index in [9.17, 15) is 13.2 Å². The van der Waals surface area contributed by atoms with Crippen molar-refractivity contribution < 1.29 is 17.9 Å². The zero-order valence-corrected chi connectivity index (χ0v) is 14.6. The number of amides is 1. The molecule has 1 saturated heterocycles. The van der Waals surface area contributed by atoms with Gasteiger partial charge in [0.15, 0.2) is 0 Å². The van der Waals surface area contributed by atoms with Gasteiger partial charge in [0.05, 0.1) is 18.1 Å². The van der Waals surface area contributed by atoms with Crippen molar-refractivity contribution in [1.82, 2.24) is 4.31 Å². The van der Waals surface area contributed by atoms with Gasteiger partial charge in [-0.1, -0.05) is 19.9 Å². The number of aryl methyl sites for hydroxylation is 1. The highest BCUT2D eigenvalue weighted by molar-refractivity contribution is 7.89. The van der Waals surface area contributed by atoms with E-state index in [4.69, 9.17) is 4.74 Å². The Labute approximate surface area is 137 Å². The van der Waals surface area contributed by atoms with Crippen molar-refractivity contribution >= 4 is 21.6 Å². The number of morpholine rings is 1. The van der Waals surface area contributed by atoms with Crippen LogP contribution in [0.3, 0.4) is 0 Å². The molecule has 1 fully saturated rings. The lowest BCUT2D eigenvalue weighted by Crippen LogP contribution is -2.40. The number of carbonyl (C=O) groups excluding carboxylic acids is 1. The molecule has 1 aromatic rings. The smallest absolute Gasteiger partial charge is 0.243 e. The summed E-state index contributed by atoms with van der Waals surface area (Å²) in [6.07, 6.45) is 0.733. The third-order valence-corrected chi connectivity index (χ3v) is 6.14. The van der Waals surface area contributed by atoms with Crippen LogP contribution in [0, 0.1) is 12.8 Å². The molecule has 2 rings (SSSR count). The number of carbonyl (C=O) groups is 1. The van der Waals surface area contributed by atoms with Gasteiger partial charge in [0.1, 0.15) is 0 Å². The second kappa shape index (κ2) is 7.42. The van der Waals surface area contributed by atoms with Crippen LogP contribution in [-0.2, 0) is 19.6 Å². The van der Waals surface area contributed by atoms with Crippen LogP contribution >= 0.6 is 0 Å². The van der Waals surface area contributed by atoms with Crippen molar-refractivity contribution in [3.8, 4) is 0 Å². The van der Waals surface area contributed by atoms with Gasteiger partial charge in [-0.3, -0.25) is 4.79 Å². The molecular formula is C16H24N2O4S. The summed E-state index contributed by atoms with van der Waals surface area (Å²) in [6, 6.07) is 4.99. The molecule has 1 amide bonds. The van der Waals surface area contributed by atoms with Crippen LogP contribution in [0.5, 0.6) is 0 Å². The molecule has 0 unspecified atom stereocenters. The molecule has 0 bridgehead atoms. The van der Waals surface area contributed by atoms with E-state index in [0.29, 0.717) is 37.6 Å². The first kappa shape index (κ1) is 17.9. The standard InChI is InChI=1S/C16H24N2O4S/c1-4-12(2)16(19)17-14-6-5-13(3)15(11-14)23(20,21)18-7-9-22-10-8-18/h5-6,11-12H,4,7-10H2,1-3H3,(H,17,19)/t12-/m0/s1. The Kier molecular flexibility index (Phi) is 5.78. The second-order valence-corrected chi connectivity index (χ2v) is 7.70. The summed E-state index contributed by atoms with van der Waals surface area (Å²) < 4.78 is 32.2. The van der Waals surface area contributed by atoms with Crippen LogP contribution in [0.4, 0.5) is 5.69 Å². The number of anilines is 1. The number of nitrogens with one attached hydrogen (secondary N) is 1. The van der Waals surface area contributed by atoms with E-state index in [0.717, 1.165) is 6.42 Å². The van der Waals surface area contributed by atoms with Gasteiger partial charge in [-0.05, 0) is 31.0 Å². The molecule has 0 aromatic heterocycles. The first-order chi connectivity index (χ1) is 10.9. The van der Waals surface area contributed by atoms with E-state index >= 15 is 0 Å². The lowest BCUT2D eigenvalue weighted by atomic mass is 10.1. The molecule has 0 spiro atoms. The van der Waals surface area contributed by atoms with Gasteiger partial charge in [0, 0.05) is 24.7 Å². The van der Waals surface area contributed by atoms with Crippen molar-refractivity contribution in [2.75, 3.05) is 31.6 Å². The van der Waals surface area contributed by atoms with Gasteiger partial charge in [-0.25, -0.2) is 8.42 Å². The zero-order valence-electron chi connectivity index (χ0n) is 13.8. The van der Waals surface area contributed by atoms with Gasteiger partial charge in [-0.2, -0.15) is 4.31 Å². The summed E-state index contributed by atoms with van der Waals surface area (Å²) in [7, 11) is -3.57. The molecule has 0 saturated carbocycles. The summed E-state index contributed by atoms with van der Waals surface area (Å²) in [4.78, 5) is 12.2. The first-order valence-corrected chi connectivity index (χ1v) is 9.29. The zero-order chi connectivity index (χ0) is 17.0. The Morgan fingerprint density at radius 2 is 2.00 bits per heavy atom. The van der Waals surface area contributed by atoms with Crippen molar-refractivity contribution in [1.29, 1.82) is 0 Å². The normalized spacial score (nSPS) is 17.7. The Morgan fingerprint density at radius 1 is 1.35 bits per heavy atom. The van der Waals surface area contributed by atoms with Gasteiger partial charge < -0.3 is 10.1 Å². The molecule has 7 heteroatoms. The SMILES string of the molecule is CC[C@H](C)C(=O)Nc1ccc(C)c(S(=O)(=O)N2CCOCC2)c1. The van der Waals surface area contributed by atoms with Gasteiger partial charge in [0.2, 0.25) is 15.9 Å². The maximum Gasteiger partial charge on any atom is 0.243 e. The molecule has 0 aliphatic carbocycles. The van der Waals surface area contributed by atoms with Gasteiger partial charge >= 0.3 is 0 Å². The Balaban J connectivity index is 2.28. The number of nitrogens with zero attached hydrogens (tertiary/aromatic N) is 1. The number of sulfonamides is 1. The van der Waals surface area contributed by atoms with E-state index in [1.165, 1.54) is 4.31 Å². The summed E-state index contributed by atoms with van der Waals surface area (Å²) >= 11 is 0. The monoisotopic (exact) mass is 340 g/mol. The van der Waals surface area contributed by atoms with E-state index < -0.39 is 10.0 Å². The van der Waals surface area contributed by atoms with Crippen molar-refractivity contribution in [2.45, 2.75) is 32.1 Å². The third-order valence-electron chi connectivity index (χ3n) is 4.10. The molecule has 1 aliphatic heterocycles. The third kappa shape index (κ3) is 4.10. The van der Waals surface area contributed by atoms with Crippen LogP contribution in [0.1, 0.15) is 25.8 Å². The number of hydrogen-bond donors (Lipinski definition) is 1. The van der Waals surface area contributed by atoms with Crippen LogP contribution < -0.4 is 5.32 Å². The highest BCUT2D eigenvalue weighted by Crippen LogP contribution is 2.24. The topological polar surface area (TPSA) is 75.7 Å². The molecule has 1 aliphatic rings. The van der Waals surface area contributed by atoms with Crippen LogP contribution in [0.2, 0.25) is 0 Å². The Bertz CT molecular complexity index is 667. The summed E-state index contributed by atoms with van der Waals surface area (Å²) in [5, 5.41) is 2.79. The molecule has 0 radical (unpaired) electrons. The summed E-state index contributed by atoms with van der Waals surface area (Å²) in [5.74, 6) is -0.221. The molecule has 1 heterocycles. The molecule has 23 heavy (non-hydrogen) atoms. The van der Waals surface area contributed by atoms with E-state index in [1.807, 2.05) is 13.8 Å². The largest absolute Gasteiger partial charge is 0.379 e. The lowest BCUT2D eigenvalue weighted by Gasteiger charge is -2.27. The predicted molar refractivity (Wildman–Crippen MR) is 88.8 cm³/mol. The van der Waals surface area contributed by atoms with Crippen molar-refractivity contribution in [3.05, 3.63) is 23.8 Å². The summed E-state index contributed by atoms with van der Waals surface area (Å²) in [6.45, 7) is 7.05. The molecule has 1 aromatic carbocycles. The minimum atomic E-state index is -3.57. The van der Waals surface area contributed by atoms with Gasteiger partial charge in [0.25, 0.3) is 0 Å². The Morgan fingerprint density at radius 3 is 2.61 bits per heavy atom. The molecular weight excluding hydrogens is 316 g/mol. The molecule has 1 N–H and O–H groups in total. The average Bonchev–Trinajstić information content (AvgIpc) is 2.56. The number of rotatable bonds is 5. The number of hydrogen-bond acceptors (Lipinski definition) is 4. The van der Waals surface area contributed by atoms with Gasteiger partial charge in [-0.15, -0.1) is 0 Å². The minimum Gasteiger partial charge on any atom is -0.379 e. The molecule has 128 valence electrons. The number of benzene rings is 1. The van der Waals surface area contributed by atoms with E-state index in [1.54, 1.807) is 25.1 Å².